The molecule has 0 aromatic heterocycles. The quantitative estimate of drug-likeness (QED) is 0.293. The van der Waals surface area contributed by atoms with Gasteiger partial charge in [-0.3, -0.25) is 0 Å². The maximum absolute atomic E-state index is 13.4. The third kappa shape index (κ3) is 5.50. The van der Waals surface area contributed by atoms with E-state index in [-0.39, 0.29) is 12.8 Å². The highest BCUT2D eigenvalue weighted by Gasteiger charge is 2.74. The van der Waals surface area contributed by atoms with Crippen LogP contribution in [0.3, 0.4) is 0 Å². The highest BCUT2D eigenvalue weighted by atomic mass is 32.3. The highest BCUT2D eigenvalue weighted by molar-refractivity contribution is 7.87. The van der Waals surface area contributed by atoms with Gasteiger partial charge in [0.05, 0.1) is 0 Å². The first kappa shape index (κ1) is 23.5. The molecule has 3 nitrogen and oxygen atoms in total. The molecule has 13 heteroatoms. The van der Waals surface area contributed by atoms with Crippen molar-refractivity contribution in [1.82, 2.24) is 0 Å². The molecule has 27 heavy (non-hydrogen) atoms. The monoisotopic (exact) mass is 432 g/mol. The number of hydrogen-bond acceptors (Lipinski definition) is 3. The zero-order valence-corrected chi connectivity index (χ0v) is 14.1. The van der Waals surface area contributed by atoms with Crippen LogP contribution in [0.1, 0.15) is 24.8 Å². The highest BCUT2D eigenvalue weighted by Crippen LogP contribution is 2.48. The Hall–Kier alpha value is -1.50. The fourth-order valence-corrected chi connectivity index (χ4v) is 2.23. The minimum absolute atomic E-state index is 0.0684. The van der Waals surface area contributed by atoms with Crippen LogP contribution >= 0.6 is 0 Å². The number of halogens is 9. The number of benzene rings is 1. The summed E-state index contributed by atoms with van der Waals surface area (Å²) in [6.07, 6.45) is -15.1. The SMILES string of the molecule is O=S(=O)(F)C(F)(F)C(F)(F)OC(F)(F)C(F)(F)CCCCc1ccccc1. The molecule has 156 valence electrons. The van der Waals surface area contributed by atoms with Crippen molar-refractivity contribution >= 4 is 10.2 Å². The molecular weight excluding hydrogens is 419 g/mol. The van der Waals surface area contributed by atoms with Crippen molar-refractivity contribution in [2.45, 2.75) is 49.1 Å². The molecule has 0 fully saturated rings. The van der Waals surface area contributed by atoms with Crippen LogP contribution in [-0.4, -0.2) is 31.8 Å². The lowest BCUT2D eigenvalue weighted by Gasteiger charge is -2.31. The largest absolute Gasteiger partial charge is 0.464 e. The normalized spacial score (nSPS) is 14.4. The van der Waals surface area contributed by atoms with Gasteiger partial charge in [-0.15, -0.1) is 0 Å². The number of ether oxygens (including phenoxy) is 1. The summed E-state index contributed by atoms with van der Waals surface area (Å²) in [7, 11) is -7.42. The Morgan fingerprint density at radius 1 is 0.815 bits per heavy atom. The molecule has 0 saturated heterocycles. The van der Waals surface area contributed by atoms with E-state index in [1.54, 1.807) is 30.3 Å². The minimum Gasteiger partial charge on any atom is -0.245 e. The first-order valence-corrected chi connectivity index (χ1v) is 8.61. The summed E-state index contributed by atoms with van der Waals surface area (Å²) >= 11 is 0. The number of rotatable bonds is 10. The smallest absolute Gasteiger partial charge is 0.245 e. The number of alkyl halides is 8. The molecule has 0 aliphatic carbocycles. The molecule has 0 amide bonds. The molecule has 1 aromatic carbocycles. The molecule has 1 rings (SSSR count). The second-order valence-corrected chi connectivity index (χ2v) is 6.88. The molecule has 0 radical (unpaired) electrons. The van der Waals surface area contributed by atoms with Crippen LogP contribution in [0, 0.1) is 0 Å². The molecule has 0 saturated carbocycles. The standard InChI is InChI=1S/C14H13F9O3S/c15-11(16,9-5-4-8-10-6-2-1-3-7-10)12(17,18)26-13(19,20)14(21,22)27(23,24)25/h1-3,6-7H,4-5,8-9H2. The average molecular weight is 432 g/mol. The summed E-state index contributed by atoms with van der Waals surface area (Å²) in [5.41, 5.74) is 0.683. The average Bonchev–Trinajstić information content (AvgIpc) is 2.50. The van der Waals surface area contributed by atoms with E-state index in [2.05, 4.69) is 4.74 Å². The van der Waals surface area contributed by atoms with Gasteiger partial charge in [0.1, 0.15) is 0 Å². The Morgan fingerprint density at radius 2 is 1.33 bits per heavy atom. The van der Waals surface area contributed by atoms with Gasteiger partial charge in [-0.1, -0.05) is 34.2 Å². The van der Waals surface area contributed by atoms with Crippen LogP contribution in [0.2, 0.25) is 0 Å². The molecule has 0 spiro atoms. The Labute approximate surface area is 148 Å². The Morgan fingerprint density at radius 3 is 1.81 bits per heavy atom. The van der Waals surface area contributed by atoms with Gasteiger partial charge in [0.25, 0.3) is 0 Å². The van der Waals surface area contributed by atoms with Crippen LogP contribution in [-0.2, 0) is 21.4 Å². The molecule has 0 unspecified atom stereocenters. The number of hydrogen-bond donors (Lipinski definition) is 0. The summed E-state index contributed by atoms with van der Waals surface area (Å²) in [6.45, 7) is 0. The Bertz CT molecular complexity index is 721. The molecule has 0 atom stereocenters. The summed E-state index contributed by atoms with van der Waals surface area (Å²) in [6, 6.07) is 8.18. The lowest BCUT2D eigenvalue weighted by molar-refractivity contribution is -0.456. The van der Waals surface area contributed by atoms with Crippen LogP contribution in [0.4, 0.5) is 39.0 Å². The van der Waals surface area contributed by atoms with Crippen molar-refractivity contribution in [3.05, 3.63) is 35.9 Å². The van der Waals surface area contributed by atoms with Gasteiger partial charge in [-0.2, -0.15) is 43.5 Å². The molecule has 0 aliphatic rings. The minimum atomic E-state index is -7.42. The van der Waals surface area contributed by atoms with Crippen molar-refractivity contribution in [2.75, 3.05) is 0 Å². The van der Waals surface area contributed by atoms with Gasteiger partial charge in [-0.25, -0.2) is 4.74 Å². The van der Waals surface area contributed by atoms with E-state index in [1.807, 2.05) is 0 Å². The predicted molar refractivity (Wildman–Crippen MR) is 74.9 cm³/mol. The summed E-state index contributed by atoms with van der Waals surface area (Å²) in [4.78, 5) is 0. The molecule has 0 N–H and O–H groups in total. The van der Waals surface area contributed by atoms with E-state index in [0.29, 0.717) is 5.56 Å². The predicted octanol–water partition coefficient (Wildman–Crippen LogP) is 5.13. The van der Waals surface area contributed by atoms with Gasteiger partial charge in [-0.05, 0) is 24.8 Å². The van der Waals surface area contributed by atoms with Crippen LogP contribution < -0.4 is 0 Å². The van der Waals surface area contributed by atoms with Crippen molar-refractivity contribution in [2.24, 2.45) is 0 Å². The maximum Gasteiger partial charge on any atom is 0.464 e. The summed E-state index contributed by atoms with van der Waals surface area (Å²) in [5, 5.41) is -6.78. The second-order valence-electron chi connectivity index (χ2n) is 5.49. The van der Waals surface area contributed by atoms with Crippen molar-refractivity contribution in [3.63, 3.8) is 0 Å². The topological polar surface area (TPSA) is 43.4 Å². The van der Waals surface area contributed by atoms with E-state index >= 15 is 0 Å². The fourth-order valence-electron chi connectivity index (χ4n) is 1.90. The number of unbranched alkanes of at least 4 members (excludes halogenated alkanes) is 1. The Balaban J connectivity index is 2.76. The van der Waals surface area contributed by atoms with Crippen LogP contribution in [0.25, 0.3) is 0 Å². The van der Waals surface area contributed by atoms with E-state index in [1.165, 1.54) is 0 Å². The van der Waals surface area contributed by atoms with Crippen molar-refractivity contribution < 1.29 is 52.2 Å². The fraction of sp³-hybridized carbons (Fsp3) is 0.571. The third-order valence-corrected chi connectivity index (χ3v) is 4.23. The second kappa shape index (κ2) is 7.86. The lowest BCUT2D eigenvalue weighted by atomic mass is 10.0. The van der Waals surface area contributed by atoms with Crippen molar-refractivity contribution in [1.29, 1.82) is 0 Å². The molecule has 0 aliphatic heterocycles. The van der Waals surface area contributed by atoms with Gasteiger partial charge in [0.15, 0.2) is 0 Å². The maximum atomic E-state index is 13.4. The molecule has 0 bridgehead atoms. The number of aryl methyl sites for hydroxylation is 1. The Kier molecular flexibility index (Phi) is 6.85. The van der Waals surface area contributed by atoms with Gasteiger partial charge < -0.3 is 0 Å². The van der Waals surface area contributed by atoms with Crippen molar-refractivity contribution in [3.8, 4) is 0 Å². The summed E-state index contributed by atoms with van der Waals surface area (Å²) < 4.78 is 139. The first-order chi connectivity index (χ1) is 12.0. The molecule has 0 heterocycles. The lowest BCUT2D eigenvalue weighted by Crippen LogP contribution is -2.55. The van der Waals surface area contributed by atoms with Gasteiger partial charge >= 0.3 is 33.6 Å². The van der Waals surface area contributed by atoms with E-state index in [4.69, 9.17) is 0 Å². The molecule has 1 aromatic rings. The van der Waals surface area contributed by atoms with Gasteiger partial charge in [0, 0.05) is 6.42 Å². The zero-order chi connectivity index (χ0) is 21.1. The molecular formula is C14H13F9O3S. The van der Waals surface area contributed by atoms with E-state index < -0.39 is 46.5 Å². The van der Waals surface area contributed by atoms with E-state index in [0.717, 1.165) is 0 Å². The zero-order valence-electron chi connectivity index (χ0n) is 13.2. The van der Waals surface area contributed by atoms with Crippen LogP contribution in [0.5, 0.6) is 0 Å². The van der Waals surface area contributed by atoms with Crippen LogP contribution in [0.15, 0.2) is 30.3 Å². The van der Waals surface area contributed by atoms with E-state index in [9.17, 15) is 47.4 Å². The van der Waals surface area contributed by atoms with Gasteiger partial charge in [0.2, 0.25) is 0 Å². The first-order valence-electron chi connectivity index (χ1n) is 7.23. The third-order valence-electron chi connectivity index (χ3n) is 3.38. The summed E-state index contributed by atoms with van der Waals surface area (Å²) in [5.74, 6) is -5.34.